The third-order valence-corrected chi connectivity index (χ3v) is 2.22. The number of benzene rings is 1. The van der Waals surface area contributed by atoms with Gasteiger partial charge >= 0.3 is 11.4 Å². The van der Waals surface area contributed by atoms with E-state index in [1.165, 1.54) is 12.1 Å². The summed E-state index contributed by atoms with van der Waals surface area (Å²) in [5.74, 6) is 0. The summed E-state index contributed by atoms with van der Waals surface area (Å²) in [6.45, 7) is 5.22. The maximum Gasteiger partial charge on any atom is 0.344 e. The van der Waals surface area contributed by atoms with E-state index in [1.807, 2.05) is 0 Å². The van der Waals surface area contributed by atoms with Crippen LogP contribution in [0, 0.1) is 15.3 Å². The van der Waals surface area contributed by atoms with Crippen molar-refractivity contribution in [3.63, 3.8) is 0 Å². The molecule has 6 nitrogen and oxygen atoms in total. The van der Waals surface area contributed by atoms with Gasteiger partial charge in [-0.25, -0.2) is 0 Å². The highest BCUT2D eigenvalue weighted by Gasteiger charge is 2.24. The summed E-state index contributed by atoms with van der Waals surface area (Å²) in [6, 6.07) is 4.20. The first-order valence-corrected chi connectivity index (χ1v) is 5.64. The summed E-state index contributed by atoms with van der Waals surface area (Å²) in [4.78, 5) is 10.5. The maximum atomic E-state index is 11.7. The van der Waals surface area contributed by atoms with Crippen molar-refractivity contribution >= 4 is 27.3 Å². The second kappa shape index (κ2) is 4.79. The Hall–Kier alpha value is -1.50. The van der Waals surface area contributed by atoms with Crippen LogP contribution in [0.15, 0.2) is 27.8 Å². The number of hydrogen-bond donors (Lipinski definition) is 0. The zero-order valence-corrected chi connectivity index (χ0v) is 11.3. The fourth-order valence-electron chi connectivity index (χ4n) is 1.13. The minimum Gasteiger partial charge on any atom is -0.594 e. The number of nitrogens with zero attached hydrogens (tertiary/aromatic N) is 3. The number of halogens is 1. The number of nitro groups is 1. The average molecular weight is 302 g/mol. The molecule has 0 bridgehead atoms. The van der Waals surface area contributed by atoms with E-state index < -0.39 is 10.5 Å². The molecule has 0 fully saturated rings. The maximum absolute atomic E-state index is 11.7. The van der Waals surface area contributed by atoms with Crippen LogP contribution in [0.4, 0.5) is 11.4 Å². The lowest BCUT2D eigenvalue weighted by molar-refractivity contribution is -0.465. The molecule has 0 saturated carbocycles. The minimum atomic E-state index is -0.608. The molecule has 0 atom stereocenters. The summed E-state index contributed by atoms with van der Waals surface area (Å²) >= 11 is 3.12. The van der Waals surface area contributed by atoms with E-state index in [9.17, 15) is 15.3 Å². The third kappa shape index (κ3) is 3.77. The van der Waals surface area contributed by atoms with Crippen molar-refractivity contribution in [2.24, 2.45) is 5.11 Å². The van der Waals surface area contributed by atoms with E-state index in [4.69, 9.17) is 0 Å². The molecule has 0 aromatic heterocycles. The lowest BCUT2D eigenvalue weighted by atomic mass is 10.1. The molecular weight excluding hydrogens is 290 g/mol. The highest BCUT2D eigenvalue weighted by atomic mass is 79.9. The largest absolute Gasteiger partial charge is 0.594 e. The summed E-state index contributed by atoms with van der Waals surface area (Å²) in [7, 11) is 0. The Morgan fingerprint density at radius 3 is 2.29 bits per heavy atom. The predicted molar refractivity (Wildman–Crippen MR) is 66.3 cm³/mol. The van der Waals surface area contributed by atoms with Gasteiger partial charge in [0.1, 0.15) is 5.54 Å². The predicted octanol–water partition coefficient (Wildman–Crippen LogP) is 3.75. The highest BCUT2D eigenvalue weighted by molar-refractivity contribution is 9.10. The van der Waals surface area contributed by atoms with Crippen molar-refractivity contribution in [1.82, 2.24) is 0 Å². The second-order valence-electron chi connectivity index (χ2n) is 4.43. The Labute approximate surface area is 107 Å². The molecule has 0 saturated heterocycles. The van der Waals surface area contributed by atoms with Gasteiger partial charge in [-0.1, -0.05) is 15.9 Å². The first kappa shape index (κ1) is 13.6. The standard InChI is InChI=1S/C10H12BrN3O3/c1-10(2,3)12-13(15)8-5-4-7(11)6-9(8)14(16)17/h4-6H,1-3H3. The van der Waals surface area contributed by atoms with Crippen molar-refractivity contribution in [2.75, 3.05) is 0 Å². The van der Waals surface area contributed by atoms with Crippen LogP contribution in [0.1, 0.15) is 20.8 Å². The van der Waals surface area contributed by atoms with Crippen LogP contribution >= 0.6 is 15.9 Å². The van der Waals surface area contributed by atoms with E-state index in [0.717, 1.165) is 0 Å². The molecule has 0 amide bonds. The zero-order chi connectivity index (χ0) is 13.2. The monoisotopic (exact) mass is 301 g/mol. The highest BCUT2D eigenvalue weighted by Crippen LogP contribution is 2.30. The molecule has 17 heavy (non-hydrogen) atoms. The molecule has 0 aliphatic carbocycles. The Kier molecular flexibility index (Phi) is 3.82. The van der Waals surface area contributed by atoms with E-state index in [1.54, 1.807) is 26.8 Å². The lowest BCUT2D eigenvalue weighted by Crippen LogP contribution is -2.13. The van der Waals surface area contributed by atoms with Gasteiger partial charge in [0.25, 0.3) is 0 Å². The van der Waals surface area contributed by atoms with E-state index in [0.29, 0.717) is 9.33 Å². The first-order chi connectivity index (χ1) is 7.70. The van der Waals surface area contributed by atoms with Crippen LogP contribution in [-0.4, -0.2) is 15.3 Å². The molecule has 0 unspecified atom stereocenters. The fraction of sp³-hybridized carbons (Fsp3) is 0.400. The van der Waals surface area contributed by atoms with Crippen LogP contribution in [0.3, 0.4) is 0 Å². The van der Waals surface area contributed by atoms with Crippen LogP contribution in [0.2, 0.25) is 0 Å². The molecule has 0 radical (unpaired) electrons. The molecule has 7 heteroatoms. The molecule has 0 heterocycles. The SMILES string of the molecule is CC(C)(C)N=[N+]([O-])c1ccc(Br)cc1[N+](=O)[O-]. The smallest absolute Gasteiger partial charge is 0.344 e. The minimum absolute atomic E-state index is 0.0758. The number of azo groups is 1. The third-order valence-electron chi connectivity index (χ3n) is 1.73. The molecule has 1 rings (SSSR count). The molecule has 0 aliphatic rings. The van der Waals surface area contributed by atoms with Gasteiger partial charge in [-0.15, -0.1) is 0 Å². The van der Waals surface area contributed by atoms with Crippen molar-refractivity contribution in [2.45, 2.75) is 26.3 Å². The Bertz CT molecular complexity index is 480. The molecule has 0 N–H and O–H groups in total. The van der Waals surface area contributed by atoms with Crippen LogP contribution < -0.4 is 0 Å². The average Bonchev–Trinajstić information content (AvgIpc) is 2.14. The van der Waals surface area contributed by atoms with Gasteiger partial charge in [-0.05, 0) is 36.8 Å². The molecule has 0 spiro atoms. The van der Waals surface area contributed by atoms with Crippen molar-refractivity contribution in [3.8, 4) is 0 Å². The van der Waals surface area contributed by atoms with E-state index in [-0.39, 0.29) is 11.4 Å². The first-order valence-electron chi connectivity index (χ1n) is 4.85. The Morgan fingerprint density at radius 2 is 1.82 bits per heavy atom. The molecule has 0 aliphatic heterocycles. The van der Waals surface area contributed by atoms with Crippen LogP contribution in [0.5, 0.6) is 0 Å². The van der Waals surface area contributed by atoms with Gasteiger partial charge in [0.2, 0.25) is 0 Å². The van der Waals surface area contributed by atoms with Crippen molar-refractivity contribution in [1.29, 1.82) is 0 Å². The van der Waals surface area contributed by atoms with Gasteiger partial charge < -0.3 is 5.21 Å². The number of hydrogen-bond acceptors (Lipinski definition) is 4. The quantitative estimate of drug-likeness (QED) is 0.361. The molecule has 92 valence electrons. The zero-order valence-electron chi connectivity index (χ0n) is 9.68. The Morgan fingerprint density at radius 1 is 1.24 bits per heavy atom. The van der Waals surface area contributed by atoms with Crippen LogP contribution in [0.25, 0.3) is 0 Å². The summed E-state index contributed by atoms with van der Waals surface area (Å²) in [5, 5.41) is 26.4. The van der Waals surface area contributed by atoms with E-state index >= 15 is 0 Å². The van der Waals surface area contributed by atoms with Crippen LogP contribution in [-0.2, 0) is 0 Å². The normalized spacial score (nSPS) is 12.6. The molecule has 1 aromatic rings. The van der Waals surface area contributed by atoms with Crippen molar-refractivity contribution < 1.29 is 9.78 Å². The second-order valence-corrected chi connectivity index (χ2v) is 5.35. The molecular formula is C10H12BrN3O3. The lowest BCUT2D eigenvalue weighted by Gasteiger charge is -2.09. The summed E-state index contributed by atoms with van der Waals surface area (Å²) in [5.41, 5.74) is -0.946. The fourth-order valence-corrected chi connectivity index (χ4v) is 1.48. The Balaban J connectivity index is 3.32. The van der Waals surface area contributed by atoms with Gasteiger partial charge in [0.05, 0.1) is 4.92 Å². The van der Waals surface area contributed by atoms with Gasteiger partial charge in [-0.2, -0.15) is 0 Å². The summed E-state index contributed by atoms with van der Waals surface area (Å²) < 4.78 is 0.539. The van der Waals surface area contributed by atoms with Gasteiger partial charge in [0.15, 0.2) is 0 Å². The summed E-state index contributed by atoms with van der Waals surface area (Å²) in [6.07, 6.45) is 0. The number of rotatable bonds is 2. The van der Waals surface area contributed by atoms with E-state index in [2.05, 4.69) is 21.0 Å². The van der Waals surface area contributed by atoms with Gasteiger partial charge in [-0.3, -0.25) is 10.1 Å². The number of nitro benzene ring substituents is 1. The van der Waals surface area contributed by atoms with Gasteiger partial charge in [0, 0.05) is 16.6 Å². The van der Waals surface area contributed by atoms with Crippen molar-refractivity contribution in [3.05, 3.63) is 38.0 Å². The topological polar surface area (TPSA) is 81.6 Å². The molecule has 1 aromatic carbocycles.